The van der Waals surface area contributed by atoms with Crippen molar-refractivity contribution in [3.63, 3.8) is 0 Å². The number of carbonyl (C=O) groups excluding carboxylic acids is 2. The number of hydrogen-bond acceptors (Lipinski definition) is 5. The van der Waals surface area contributed by atoms with Crippen LogP contribution in [0.15, 0.2) is 90.5 Å². The largest absolute Gasteiger partial charge is 0.497 e. The van der Waals surface area contributed by atoms with E-state index in [9.17, 15) is 9.59 Å². The van der Waals surface area contributed by atoms with E-state index in [0.29, 0.717) is 11.4 Å². The molecule has 0 unspecified atom stereocenters. The number of fused-ring (bicyclic) bond motifs is 5. The van der Waals surface area contributed by atoms with Crippen molar-refractivity contribution >= 4 is 23.1 Å². The van der Waals surface area contributed by atoms with Crippen molar-refractivity contribution in [3.05, 3.63) is 102 Å². The Balaban J connectivity index is 1.45. The lowest BCUT2D eigenvalue weighted by Crippen LogP contribution is -2.33. The first-order valence-corrected chi connectivity index (χ1v) is 12.3. The van der Waals surface area contributed by atoms with Gasteiger partial charge in [-0.25, -0.2) is 4.90 Å². The SMILES string of the molecule is COc1ccc(C(=C2[C@@H]3C=C[C@@H]2[C@@H]2C(=O)N(c4ccc(OC)cc4)C(=O)[C@H]23)c2ccc(OC)cc2)cc1. The second-order valence-electron chi connectivity index (χ2n) is 9.49. The van der Waals surface area contributed by atoms with E-state index in [1.54, 1.807) is 45.6 Å². The van der Waals surface area contributed by atoms with Gasteiger partial charge >= 0.3 is 0 Å². The first kappa shape index (κ1) is 23.1. The van der Waals surface area contributed by atoms with Crippen LogP contribution >= 0.6 is 0 Å². The molecule has 2 amide bonds. The third kappa shape index (κ3) is 3.55. The maximum Gasteiger partial charge on any atom is 0.238 e. The number of hydrogen-bond donors (Lipinski definition) is 0. The average Bonchev–Trinajstić information content (AvgIpc) is 3.58. The fourth-order valence-corrected chi connectivity index (χ4v) is 6.10. The lowest BCUT2D eigenvalue weighted by Gasteiger charge is -2.22. The zero-order valence-corrected chi connectivity index (χ0v) is 20.9. The number of anilines is 1. The highest BCUT2D eigenvalue weighted by Gasteiger charge is 2.62. The lowest BCUT2D eigenvalue weighted by molar-refractivity contribution is -0.122. The van der Waals surface area contributed by atoms with E-state index in [4.69, 9.17) is 14.2 Å². The summed E-state index contributed by atoms with van der Waals surface area (Å²) < 4.78 is 16.0. The molecule has 2 aliphatic carbocycles. The van der Waals surface area contributed by atoms with Gasteiger partial charge < -0.3 is 14.2 Å². The Morgan fingerprint density at radius 2 is 0.973 bits per heavy atom. The molecular formula is C31H27NO5. The first-order chi connectivity index (χ1) is 18.0. The highest BCUT2D eigenvalue weighted by Crippen LogP contribution is 2.59. The lowest BCUT2D eigenvalue weighted by atomic mass is 9.85. The van der Waals surface area contributed by atoms with Crippen LogP contribution in [-0.4, -0.2) is 33.1 Å². The monoisotopic (exact) mass is 493 g/mol. The molecule has 1 saturated heterocycles. The summed E-state index contributed by atoms with van der Waals surface area (Å²) in [6.07, 6.45) is 4.22. The van der Waals surface area contributed by atoms with E-state index < -0.39 is 11.8 Å². The second kappa shape index (κ2) is 8.96. The van der Waals surface area contributed by atoms with Crippen molar-refractivity contribution in [2.45, 2.75) is 0 Å². The van der Waals surface area contributed by atoms with E-state index in [2.05, 4.69) is 12.2 Å². The van der Waals surface area contributed by atoms with Gasteiger partial charge in [-0.2, -0.15) is 0 Å². The smallest absolute Gasteiger partial charge is 0.238 e. The third-order valence-electron chi connectivity index (χ3n) is 7.79. The topological polar surface area (TPSA) is 65.1 Å². The number of nitrogens with zero attached hydrogens (tertiary/aromatic N) is 1. The molecule has 6 nitrogen and oxygen atoms in total. The van der Waals surface area contributed by atoms with E-state index in [1.807, 2.05) is 48.5 Å². The van der Waals surface area contributed by atoms with Crippen LogP contribution in [0.2, 0.25) is 0 Å². The molecular weight excluding hydrogens is 466 g/mol. The summed E-state index contributed by atoms with van der Waals surface area (Å²) in [4.78, 5) is 28.8. The second-order valence-corrected chi connectivity index (χ2v) is 9.49. The van der Waals surface area contributed by atoms with Gasteiger partial charge in [0.25, 0.3) is 0 Å². The van der Waals surface area contributed by atoms with Gasteiger partial charge in [-0.05, 0) is 70.8 Å². The van der Waals surface area contributed by atoms with Gasteiger partial charge in [-0.1, -0.05) is 36.4 Å². The third-order valence-corrected chi connectivity index (χ3v) is 7.79. The number of imide groups is 1. The average molecular weight is 494 g/mol. The summed E-state index contributed by atoms with van der Waals surface area (Å²) in [7, 11) is 4.88. The summed E-state index contributed by atoms with van der Waals surface area (Å²) in [6, 6.07) is 23.0. The molecule has 3 aromatic carbocycles. The van der Waals surface area contributed by atoms with Gasteiger partial charge in [0, 0.05) is 11.8 Å². The molecule has 3 aliphatic rings. The number of carbonyl (C=O) groups is 2. The van der Waals surface area contributed by atoms with Gasteiger partial charge in [-0.3, -0.25) is 9.59 Å². The molecule has 2 bridgehead atoms. The molecule has 186 valence electrons. The Bertz CT molecular complexity index is 1340. The molecule has 1 saturated carbocycles. The van der Waals surface area contributed by atoms with Crippen LogP contribution in [0, 0.1) is 23.7 Å². The minimum Gasteiger partial charge on any atom is -0.497 e. The molecule has 4 atom stereocenters. The maximum atomic E-state index is 13.7. The fraction of sp³-hybridized carbons (Fsp3) is 0.226. The number of rotatable bonds is 6. The molecule has 6 rings (SSSR count). The van der Waals surface area contributed by atoms with Gasteiger partial charge in [0.05, 0.1) is 38.9 Å². The Hall–Kier alpha value is -4.32. The highest BCUT2D eigenvalue weighted by molar-refractivity contribution is 6.23. The minimum absolute atomic E-state index is 0.140. The number of methoxy groups -OCH3 is 3. The molecule has 1 aliphatic heterocycles. The van der Waals surface area contributed by atoms with Crippen LogP contribution in [-0.2, 0) is 9.59 Å². The Labute approximate surface area is 215 Å². The first-order valence-electron chi connectivity index (χ1n) is 12.3. The number of benzene rings is 3. The molecule has 0 aromatic heterocycles. The van der Waals surface area contributed by atoms with Crippen molar-refractivity contribution in [3.8, 4) is 17.2 Å². The van der Waals surface area contributed by atoms with Gasteiger partial charge in [0.2, 0.25) is 11.8 Å². The number of ether oxygens (including phenoxy) is 3. The summed E-state index contributed by atoms with van der Waals surface area (Å²) in [5.41, 5.74) is 4.80. The van der Waals surface area contributed by atoms with Crippen LogP contribution in [0.4, 0.5) is 5.69 Å². The molecule has 1 heterocycles. The molecule has 0 N–H and O–H groups in total. The van der Waals surface area contributed by atoms with Crippen LogP contribution in [0.25, 0.3) is 5.57 Å². The summed E-state index contributed by atoms with van der Waals surface area (Å²) >= 11 is 0. The minimum atomic E-state index is -0.411. The van der Waals surface area contributed by atoms with Crippen LogP contribution < -0.4 is 19.1 Å². The zero-order valence-electron chi connectivity index (χ0n) is 20.9. The molecule has 37 heavy (non-hydrogen) atoms. The van der Waals surface area contributed by atoms with Crippen LogP contribution in [0.3, 0.4) is 0 Å². The van der Waals surface area contributed by atoms with Crippen molar-refractivity contribution in [2.24, 2.45) is 23.7 Å². The molecule has 2 fully saturated rings. The normalized spacial score (nSPS) is 23.4. The Morgan fingerprint density at radius 3 is 1.35 bits per heavy atom. The van der Waals surface area contributed by atoms with Gasteiger partial charge in [-0.15, -0.1) is 0 Å². The molecule has 6 heteroatoms. The summed E-state index contributed by atoms with van der Waals surface area (Å²) in [5.74, 6) is 0.829. The summed E-state index contributed by atoms with van der Waals surface area (Å²) in [5, 5.41) is 0. The van der Waals surface area contributed by atoms with E-state index in [-0.39, 0.29) is 23.7 Å². The molecule has 0 spiro atoms. The standard InChI is InChI=1S/C31H27NO5/c1-35-21-10-4-18(5-11-21)26(19-6-12-22(36-2)13-7-19)27-24-16-17-25(27)29-28(24)30(33)32(31(29)34)20-8-14-23(37-3)15-9-20/h4-17,24-25,28-29H,1-3H3/t24-,25-,28-,29-/m0/s1. The molecule has 0 radical (unpaired) electrons. The van der Waals surface area contributed by atoms with Gasteiger partial charge in [0.1, 0.15) is 17.2 Å². The van der Waals surface area contributed by atoms with E-state index >= 15 is 0 Å². The predicted octanol–water partition coefficient (Wildman–Crippen LogP) is 5.14. The van der Waals surface area contributed by atoms with Gasteiger partial charge in [0.15, 0.2) is 0 Å². The van der Waals surface area contributed by atoms with Crippen LogP contribution in [0.5, 0.6) is 17.2 Å². The quantitative estimate of drug-likeness (QED) is 0.352. The van der Waals surface area contributed by atoms with E-state index in [1.165, 1.54) is 4.90 Å². The van der Waals surface area contributed by atoms with Crippen LogP contribution in [0.1, 0.15) is 11.1 Å². The Kier molecular flexibility index (Phi) is 5.60. The summed E-state index contributed by atoms with van der Waals surface area (Å²) in [6.45, 7) is 0. The number of amides is 2. The Morgan fingerprint density at radius 1 is 0.595 bits per heavy atom. The van der Waals surface area contributed by atoms with E-state index in [0.717, 1.165) is 33.8 Å². The maximum absolute atomic E-state index is 13.7. The van der Waals surface area contributed by atoms with Crippen molar-refractivity contribution in [1.29, 1.82) is 0 Å². The fourth-order valence-electron chi connectivity index (χ4n) is 6.10. The number of allylic oxidation sites excluding steroid dienone is 3. The zero-order chi connectivity index (χ0) is 25.7. The molecule has 3 aromatic rings. The van der Waals surface area contributed by atoms with Crippen molar-refractivity contribution < 1.29 is 23.8 Å². The highest BCUT2D eigenvalue weighted by atomic mass is 16.5. The van der Waals surface area contributed by atoms with Crippen molar-refractivity contribution in [2.75, 3.05) is 26.2 Å². The van der Waals surface area contributed by atoms with Crippen molar-refractivity contribution in [1.82, 2.24) is 0 Å². The predicted molar refractivity (Wildman–Crippen MR) is 141 cm³/mol.